The summed E-state index contributed by atoms with van der Waals surface area (Å²) in [6, 6.07) is 0. The van der Waals surface area contributed by atoms with Crippen molar-refractivity contribution in [2.75, 3.05) is 13.2 Å². The predicted octanol–water partition coefficient (Wildman–Crippen LogP) is 1.80. The number of halogens is 4. The van der Waals surface area contributed by atoms with Crippen LogP contribution in [0.3, 0.4) is 0 Å². The number of carbonyl (C=O) groups excluding carboxylic acids is 1. The number of aliphatic hydroxyl groups excluding tert-OH is 1. The molecule has 1 amide bonds. The van der Waals surface area contributed by atoms with Gasteiger partial charge in [-0.1, -0.05) is 13.8 Å². The van der Waals surface area contributed by atoms with E-state index < -0.39 is 23.7 Å². The van der Waals surface area contributed by atoms with E-state index in [-0.39, 0.29) is 13.2 Å². The molecule has 0 aromatic heterocycles. The maximum absolute atomic E-state index is 12.6. The quantitative estimate of drug-likeness (QED) is 0.685. The SMILES string of the molecule is CCC(CC)(CO)CNC(=O)C(F)(F)C(F)F. The molecule has 0 aliphatic rings. The summed E-state index contributed by atoms with van der Waals surface area (Å²) in [5.74, 6) is -6.70. The minimum absolute atomic E-state index is 0.252. The van der Waals surface area contributed by atoms with Crippen molar-refractivity contribution in [3.8, 4) is 0 Å². The highest BCUT2D eigenvalue weighted by Crippen LogP contribution is 2.26. The molecule has 102 valence electrons. The summed E-state index contributed by atoms with van der Waals surface area (Å²) in [6.07, 6.45) is -3.14. The van der Waals surface area contributed by atoms with Crippen molar-refractivity contribution < 1.29 is 27.5 Å². The molecule has 0 aromatic carbocycles. The van der Waals surface area contributed by atoms with Gasteiger partial charge in [0.1, 0.15) is 0 Å². The lowest BCUT2D eigenvalue weighted by Gasteiger charge is -2.30. The first-order valence-electron chi connectivity index (χ1n) is 5.31. The minimum atomic E-state index is -4.69. The largest absolute Gasteiger partial charge is 0.396 e. The van der Waals surface area contributed by atoms with Gasteiger partial charge in [-0.3, -0.25) is 4.79 Å². The average Bonchev–Trinajstić information content (AvgIpc) is 2.31. The van der Waals surface area contributed by atoms with Crippen molar-refractivity contribution in [1.29, 1.82) is 0 Å². The van der Waals surface area contributed by atoms with Crippen LogP contribution in [0.15, 0.2) is 0 Å². The van der Waals surface area contributed by atoms with Gasteiger partial charge in [-0.05, 0) is 12.8 Å². The molecule has 0 unspecified atom stereocenters. The molecular formula is C10H17F4NO2. The first-order chi connectivity index (χ1) is 7.75. The van der Waals surface area contributed by atoms with E-state index in [4.69, 9.17) is 5.11 Å². The summed E-state index contributed by atoms with van der Waals surface area (Å²) in [4.78, 5) is 10.9. The van der Waals surface area contributed by atoms with Crippen molar-refractivity contribution in [2.24, 2.45) is 5.41 Å². The van der Waals surface area contributed by atoms with Crippen LogP contribution in [0.4, 0.5) is 17.6 Å². The molecule has 0 aliphatic carbocycles. The smallest absolute Gasteiger partial charge is 0.383 e. The third-order valence-electron chi connectivity index (χ3n) is 3.04. The van der Waals surface area contributed by atoms with Gasteiger partial charge in [0.25, 0.3) is 5.91 Å². The van der Waals surface area contributed by atoms with Gasteiger partial charge in [-0.15, -0.1) is 0 Å². The Morgan fingerprint density at radius 1 is 1.29 bits per heavy atom. The molecule has 7 heteroatoms. The van der Waals surface area contributed by atoms with E-state index in [0.717, 1.165) is 0 Å². The predicted molar refractivity (Wildman–Crippen MR) is 54.1 cm³/mol. The zero-order valence-corrected chi connectivity index (χ0v) is 9.77. The number of alkyl halides is 4. The van der Waals surface area contributed by atoms with Crippen LogP contribution in [-0.4, -0.2) is 36.5 Å². The van der Waals surface area contributed by atoms with Crippen LogP contribution < -0.4 is 5.32 Å². The van der Waals surface area contributed by atoms with E-state index in [2.05, 4.69) is 0 Å². The van der Waals surface area contributed by atoms with E-state index >= 15 is 0 Å². The molecule has 0 rings (SSSR count). The van der Waals surface area contributed by atoms with Gasteiger partial charge in [0.05, 0.1) is 6.61 Å². The molecule has 0 spiro atoms. The maximum atomic E-state index is 12.6. The lowest BCUT2D eigenvalue weighted by atomic mass is 9.83. The second-order valence-electron chi connectivity index (χ2n) is 3.97. The Kier molecular flexibility index (Phi) is 5.87. The molecule has 0 aromatic rings. The Bertz CT molecular complexity index is 246. The zero-order chi connectivity index (χ0) is 13.7. The maximum Gasteiger partial charge on any atom is 0.383 e. The van der Waals surface area contributed by atoms with Crippen molar-refractivity contribution >= 4 is 5.91 Å². The van der Waals surface area contributed by atoms with Crippen LogP contribution in [0.25, 0.3) is 0 Å². The highest BCUT2D eigenvalue weighted by molar-refractivity contribution is 5.83. The number of nitrogens with one attached hydrogen (secondary N) is 1. The van der Waals surface area contributed by atoms with Gasteiger partial charge < -0.3 is 10.4 Å². The molecule has 2 N–H and O–H groups in total. The molecule has 0 atom stereocenters. The highest BCUT2D eigenvalue weighted by atomic mass is 19.3. The topological polar surface area (TPSA) is 49.3 Å². The van der Waals surface area contributed by atoms with Gasteiger partial charge in [-0.2, -0.15) is 8.78 Å². The van der Waals surface area contributed by atoms with Gasteiger partial charge in [0.15, 0.2) is 0 Å². The number of carbonyl (C=O) groups is 1. The second kappa shape index (κ2) is 6.18. The molecular weight excluding hydrogens is 242 g/mol. The van der Waals surface area contributed by atoms with Gasteiger partial charge in [0.2, 0.25) is 0 Å². The first kappa shape index (κ1) is 16.1. The Hall–Kier alpha value is -0.850. The van der Waals surface area contributed by atoms with E-state index in [1.165, 1.54) is 0 Å². The van der Waals surface area contributed by atoms with Crippen molar-refractivity contribution in [3.05, 3.63) is 0 Å². The zero-order valence-electron chi connectivity index (χ0n) is 9.77. The summed E-state index contributed by atoms with van der Waals surface area (Å²) in [5.41, 5.74) is -0.742. The Morgan fingerprint density at radius 3 is 2.06 bits per heavy atom. The van der Waals surface area contributed by atoms with Crippen molar-refractivity contribution in [2.45, 2.75) is 39.0 Å². The third kappa shape index (κ3) is 3.83. The molecule has 0 saturated heterocycles. The van der Waals surface area contributed by atoms with Gasteiger partial charge in [0, 0.05) is 12.0 Å². The molecule has 17 heavy (non-hydrogen) atoms. The second-order valence-corrected chi connectivity index (χ2v) is 3.97. The summed E-state index contributed by atoms with van der Waals surface area (Å²) in [6.45, 7) is 2.88. The Labute approximate surface area is 97.2 Å². The van der Waals surface area contributed by atoms with Crippen LogP contribution in [-0.2, 0) is 4.79 Å². The lowest BCUT2D eigenvalue weighted by Crippen LogP contribution is -2.49. The fourth-order valence-corrected chi connectivity index (χ4v) is 1.26. The molecule has 3 nitrogen and oxygen atoms in total. The summed E-state index contributed by atoms with van der Waals surface area (Å²) < 4.78 is 48.9. The fraction of sp³-hybridized carbons (Fsp3) is 0.900. The Balaban J connectivity index is 4.52. The number of hydrogen-bond donors (Lipinski definition) is 2. The number of rotatable bonds is 7. The van der Waals surface area contributed by atoms with Gasteiger partial charge in [-0.25, -0.2) is 8.78 Å². The van der Waals surface area contributed by atoms with E-state index in [1.807, 2.05) is 0 Å². The normalized spacial score (nSPS) is 12.9. The van der Waals surface area contributed by atoms with E-state index in [9.17, 15) is 22.4 Å². The Morgan fingerprint density at radius 2 is 1.76 bits per heavy atom. The molecule has 0 bridgehead atoms. The first-order valence-corrected chi connectivity index (χ1v) is 5.31. The van der Waals surface area contributed by atoms with E-state index in [0.29, 0.717) is 12.8 Å². The molecule has 0 heterocycles. The molecule has 0 aliphatic heterocycles. The summed E-state index contributed by atoms with van der Waals surface area (Å²) >= 11 is 0. The minimum Gasteiger partial charge on any atom is -0.396 e. The molecule has 0 radical (unpaired) electrons. The number of aliphatic hydroxyl groups is 1. The monoisotopic (exact) mass is 259 g/mol. The van der Waals surface area contributed by atoms with Gasteiger partial charge >= 0.3 is 12.3 Å². The van der Waals surface area contributed by atoms with Crippen LogP contribution in [0.2, 0.25) is 0 Å². The fourth-order valence-electron chi connectivity index (χ4n) is 1.26. The number of amides is 1. The third-order valence-corrected chi connectivity index (χ3v) is 3.04. The summed E-state index contributed by atoms with van der Waals surface area (Å²) in [5, 5.41) is 10.9. The highest BCUT2D eigenvalue weighted by Gasteiger charge is 2.49. The molecule has 0 saturated carbocycles. The van der Waals surface area contributed by atoms with Crippen LogP contribution in [0, 0.1) is 5.41 Å². The lowest BCUT2D eigenvalue weighted by molar-refractivity contribution is -0.170. The van der Waals surface area contributed by atoms with Crippen LogP contribution in [0.5, 0.6) is 0 Å². The van der Waals surface area contributed by atoms with Crippen molar-refractivity contribution in [3.63, 3.8) is 0 Å². The standard InChI is InChI=1S/C10H17F4NO2/c1-3-9(4-2,6-16)5-15-8(17)10(13,14)7(11)12/h7,16H,3-6H2,1-2H3,(H,15,17). The summed E-state index contributed by atoms with van der Waals surface area (Å²) in [7, 11) is 0. The van der Waals surface area contributed by atoms with Crippen LogP contribution in [0.1, 0.15) is 26.7 Å². The number of hydrogen-bond acceptors (Lipinski definition) is 2. The van der Waals surface area contributed by atoms with Crippen LogP contribution >= 0.6 is 0 Å². The average molecular weight is 259 g/mol. The van der Waals surface area contributed by atoms with E-state index in [1.54, 1.807) is 19.2 Å². The van der Waals surface area contributed by atoms with Crippen molar-refractivity contribution in [1.82, 2.24) is 5.32 Å². The molecule has 0 fully saturated rings.